The number of hydrogen-bond donors (Lipinski definition) is 4. The van der Waals surface area contributed by atoms with Crippen LogP contribution < -0.4 is 0 Å². The van der Waals surface area contributed by atoms with Gasteiger partial charge in [0.2, 0.25) is 0 Å². The highest BCUT2D eigenvalue weighted by Crippen LogP contribution is 2.27. The van der Waals surface area contributed by atoms with Crippen LogP contribution in [0.25, 0.3) is 0 Å². The Hall–Kier alpha value is -0.280. The molecule has 2 fully saturated rings. The van der Waals surface area contributed by atoms with E-state index >= 15 is 0 Å². The third-order valence-corrected chi connectivity index (χ3v) is 3.13. The van der Waals surface area contributed by atoms with E-state index < -0.39 is 30.9 Å². The normalized spacial score (nSPS) is 46.6. The Balaban J connectivity index is 1.83. The van der Waals surface area contributed by atoms with E-state index in [1.807, 2.05) is 0 Å². The van der Waals surface area contributed by atoms with Gasteiger partial charge in [-0.15, -0.1) is 0 Å². The maximum absolute atomic E-state index is 9.72. The van der Waals surface area contributed by atoms with Gasteiger partial charge in [-0.1, -0.05) is 0 Å². The molecule has 2 heterocycles. The maximum atomic E-state index is 9.72. The molecule has 7 nitrogen and oxygen atoms in total. The molecule has 17 heavy (non-hydrogen) atoms. The van der Waals surface area contributed by atoms with Crippen molar-refractivity contribution in [2.45, 2.75) is 37.3 Å². The van der Waals surface area contributed by atoms with Crippen LogP contribution in [0.5, 0.6) is 0 Å². The minimum Gasteiger partial charge on any atom is -0.396 e. The van der Waals surface area contributed by atoms with Crippen molar-refractivity contribution in [3.8, 4) is 0 Å². The first-order valence-electron chi connectivity index (χ1n) is 5.66. The number of hydrogen-bond acceptors (Lipinski definition) is 7. The molecule has 2 saturated heterocycles. The average molecular weight is 250 g/mol. The van der Waals surface area contributed by atoms with Crippen LogP contribution in [0.15, 0.2) is 0 Å². The second-order valence-electron chi connectivity index (χ2n) is 4.36. The van der Waals surface area contributed by atoms with Gasteiger partial charge < -0.3 is 34.6 Å². The fraction of sp³-hybridized carbons (Fsp3) is 1.00. The Labute approximate surface area is 98.5 Å². The van der Waals surface area contributed by atoms with Crippen molar-refractivity contribution < 1.29 is 34.6 Å². The van der Waals surface area contributed by atoms with Crippen LogP contribution in [0, 0.1) is 5.92 Å². The van der Waals surface area contributed by atoms with E-state index in [4.69, 9.17) is 24.4 Å². The summed E-state index contributed by atoms with van der Waals surface area (Å²) in [4.78, 5) is 0. The van der Waals surface area contributed by atoms with Gasteiger partial charge in [-0.3, -0.25) is 0 Å². The molecule has 2 rings (SSSR count). The summed E-state index contributed by atoms with van der Waals surface area (Å²) < 4.78 is 15.7. The summed E-state index contributed by atoms with van der Waals surface area (Å²) in [6, 6.07) is 0. The first-order chi connectivity index (χ1) is 8.15. The van der Waals surface area contributed by atoms with E-state index in [9.17, 15) is 10.2 Å². The van der Waals surface area contributed by atoms with Gasteiger partial charge in [-0.2, -0.15) is 0 Å². The maximum Gasteiger partial charge on any atom is 0.186 e. The van der Waals surface area contributed by atoms with Gasteiger partial charge in [0.1, 0.15) is 12.2 Å². The monoisotopic (exact) mass is 250 g/mol. The molecule has 0 aromatic heterocycles. The van der Waals surface area contributed by atoms with Crippen LogP contribution in [-0.4, -0.2) is 71.1 Å². The lowest BCUT2D eigenvalue weighted by Gasteiger charge is -2.20. The van der Waals surface area contributed by atoms with E-state index in [1.165, 1.54) is 0 Å². The molecular formula is C10H18O7. The van der Waals surface area contributed by atoms with Crippen LogP contribution in [-0.2, 0) is 14.2 Å². The third-order valence-electron chi connectivity index (χ3n) is 3.13. The minimum absolute atomic E-state index is 0.172. The second kappa shape index (κ2) is 5.57. The standard InChI is InChI=1S/C10H18O7/c11-2-5-4-15-10(9(5)14)17-8-1-6(13)7(3-12)16-8/h5-14H,1-4H2/t5-,6-,7+,8?,9+,10?/m0/s1. The Morgan fingerprint density at radius 1 is 1.18 bits per heavy atom. The lowest BCUT2D eigenvalue weighted by molar-refractivity contribution is -0.246. The lowest BCUT2D eigenvalue weighted by Crippen LogP contribution is -2.33. The molecule has 0 aromatic rings. The molecule has 0 aromatic carbocycles. The molecule has 0 spiro atoms. The Kier molecular flexibility index (Phi) is 4.31. The smallest absolute Gasteiger partial charge is 0.186 e. The number of aliphatic hydroxyl groups excluding tert-OH is 4. The molecule has 2 unspecified atom stereocenters. The molecule has 2 aliphatic rings. The molecule has 0 radical (unpaired) electrons. The lowest BCUT2D eigenvalue weighted by atomic mass is 10.1. The van der Waals surface area contributed by atoms with Gasteiger partial charge in [0.05, 0.1) is 25.9 Å². The van der Waals surface area contributed by atoms with Gasteiger partial charge in [-0.25, -0.2) is 0 Å². The van der Waals surface area contributed by atoms with Crippen molar-refractivity contribution in [3.05, 3.63) is 0 Å². The van der Waals surface area contributed by atoms with Crippen LogP contribution in [0.4, 0.5) is 0 Å². The van der Waals surface area contributed by atoms with Gasteiger partial charge in [-0.05, 0) is 0 Å². The van der Waals surface area contributed by atoms with Crippen molar-refractivity contribution in [2.24, 2.45) is 5.92 Å². The Bertz CT molecular complexity index is 249. The predicted molar refractivity (Wildman–Crippen MR) is 53.8 cm³/mol. The summed E-state index contributed by atoms with van der Waals surface area (Å²) in [5, 5.41) is 37.0. The van der Waals surface area contributed by atoms with Crippen LogP contribution in [0.3, 0.4) is 0 Å². The summed E-state index contributed by atoms with van der Waals surface area (Å²) in [7, 11) is 0. The van der Waals surface area contributed by atoms with E-state index in [0.29, 0.717) is 0 Å². The first kappa shape index (κ1) is 13.2. The van der Waals surface area contributed by atoms with Crippen LogP contribution in [0.2, 0.25) is 0 Å². The van der Waals surface area contributed by atoms with E-state index in [2.05, 4.69) is 0 Å². The summed E-state index contributed by atoms with van der Waals surface area (Å²) in [5.74, 6) is -0.361. The number of ether oxygens (including phenoxy) is 3. The van der Waals surface area contributed by atoms with Crippen LogP contribution in [0.1, 0.15) is 6.42 Å². The predicted octanol–water partition coefficient (Wildman–Crippen LogP) is -2.20. The van der Waals surface area contributed by atoms with Crippen molar-refractivity contribution in [1.29, 1.82) is 0 Å². The second-order valence-corrected chi connectivity index (χ2v) is 4.36. The van der Waals surface area contributed by atoms with Crippen molar-refractivity contribution in [1.82, 2.24) is 0 Å². The Morgan fingerprint density at radius 2 is 1.94 bits per heavy atom. The first-order valence-corrected chi connectivity index (χ1v) is 5.66. The highest BCUT2D eigenvalue weighted by molar-refractivity contribution is 4.81. The largest absolute Gasteiger partial charge is 0.396 e. The van der Waals surface area contributed by atoms with Gasteiger partial charge in [0.15, 0.2) is 12.6 Å². The molecule has 7 heteroatoms. The molecule has 0 bridgehead atoms. The van der Waals surface area contributed by atoms with Crippen molar-refractivity contribution in [3.63, 3.8) is 0 Å². The molecule has 6 atom stereocenters. The molecule has 0 aliphatic carbocycles. The molecule has 0 amide bonds. The third kappa shape index (κ3) is 2.76. The zero-order valence-corrected chi connectivity index (χ0v) is 9.31. The molecular weight excluding hydrogens is 232 g/mol. The number of rotatable bonds is 4. The van der Waals surface area contributed by atoms with Crippen molar-refractivity contribution >= 4 is 0 Å². The van der Waals surface area contributed by atoms with Crippen molar-refractivity contribution in [2.75, 3.05) is 19.8 Å². The molecule has 4 N–H and O–H groups in total. The summed E-state index contributed by atoms with van der Waals surface area (Å²) in [6.45, 7) is -0.232. The summed E-state index contributed by atoms with van der Waals surface area (Å²) in [6.07, 6.45) is -3.69. The summed E-state index contributed by atoms with van der Waals surface area (Å²) >= 11 is 0. The SMILES string of the molecule is OC[C@H]1COC(OC2C[C@H](O)[C@@H](CO)O2)[C@@H]1O. The quantitative estimate of drug-likeness (QED) is 0.448. The summed E-state index contributed by atoms with van der Waals surface area (Å²) in [5.41, 5.74) is 0. The fourth-order valence-corrected chi connectivity index (χ4v) is 2.01. The fourth-order valence-electron chi connectivity index (χ4n) is 2.01. The van der Waals surface area contributed by atoms with E-state index in [0.717, 1.165) is 0 Å². The van der Waals surface area contributed by atoms with Gasteiger partial charge >= 0.3 is 0 Å². The van der Waals surface area contributed by atoms with E-state index in [1.54, 1.807) is 0 Å². The zero-order valence-electron chi connectivity index (χ0n) is 9.31. The minimum atomic E-state index is -0.908. The highest BCUT2D eigenvalue weighted by atomic mass is 16.8. The number of aliphatic hydroxyl groups is 4. The molecule has 100 valence electrons. The zero-order chi connectivity index (χ0) is 12.4. The van der Waals surface area contributed by atoms with Gasteiger partial charge in [0.25, 0.3) is 0 Å². The molecule has 0 saturated carbocycles. The highest BCUT2D eigenvalue weighted by Gasteiger charge is 2.41. The van der Waals surface area contributed by atoms with Crippen LogP contribution >= 0.6 is 0 Å². The topological polar surface area (TPSA) is 109 Å². The van der Waals surface area contributed by atoms with E-state index in [-0.39, 0.29) is 32.2 Å². The average Bonchev–Trinajstić information content (AvgIpc) is 2.84. The Morgan fingerprint density at radius 3 is 2.47 bits per heavy atom. The van der Waals surface area contributed by atoms with Gasteiger partial charge in [0, 0.05) is 12.3 Å². The molecule has 2 aliphatic heterocycles.